The first-order valence-electron chi connectivity index (χ1n) is 8.82. The van der Waals surface area contributed by atoms with Gasteiger partial charge >= 0.3 is 0 Å². The van der Waals surface area contributed by atoms with E-state index in [4.69, 9.17) is 4.74 Å². The molecule has 1 atom stereocenters. The Balaban J connectivity index is 1.41. The van der Waals surface area contributed by atoms with Gasteiger partial charge in [0.15, 0.2) is 0 Å². The van der Waals surface area contributed by atoms with Crippen molar-refractivity contribution in [2.45, 2.75) is 22.6 Å². The SMILES string of the molecule is O=C(NCCCN1c2ccccc2Sc2ccccc21)C1CCOC1. The average Bonchev–Trinajstić information content (AvgIpc) is 3.19. The molecule has 25 heavy (non-hydrogen) atoms. The number of anilines is 2. The highest BCUT2D eigenvalue weighted by Gasteiger charge is 2.24. The van der Waals surface area contributed by atoms with Gasteiger partial charge in [-0.1, -0.05) is 36.0 Å². The first kappa shape index (κ1) is 16.5. The predicted octanol–water partition coefficient (Wildman–Crippen LogP) is 3.83. The fraction of sp³-hybridized carbons (Fsp3) is 0.350. The summed E-state index contributed by atoms with van der Waals surface area (Å²) < 4.78 is 5.29. The van der Waals surface area contributed by atoms with Crippen LogP contribution in [0.25, 0.3) is 0 Å². The zero-order chi connectivity index (χ0) is 17.1. The molecule has 0 aromatic heterocycles. The summed E-state index contributed by atoms with van der Waals surface area (Å²) in [6.07, 6.45) is 1.75. The number of hydrogen-bond acceptors (Lipinski definition) is 4. The van der Waals surface area contributed by atoms with Crippen LogP contribution in [0.4, 0.5) is 11.4 Å². The molecule has 2 aliphatic rings. The molecule has 1 unspecified atom stereocenters. The maximum absolute atomic E-state index is 12.1. The standard InChI is InChI=1S/C20H22N2O2S/c23-20(15-10-13-24-14-15)21-11-5-12-22-16-6-1-3-8-18(16)25-19-9-4-2-7-17(19)22/h1-4,6-9,15H,5,10-14H2,(H,21,23). The monoisotopic (exact) mass is 354 g/mol. The number of amides is 1. The summed E-state index contributed by atoms with van der Waals surface area (Å²) in [4.78, 5) is 17.0. The summed E-state index contributed by atoms with van der Waals surface area (Å²) in [5.74, 6) is 0.167. The van der Waals surface area contributed by atoms with E-state index < -0.39 is 0 Å². The van der Waals surface area contributed by atoms with Crippen molar-refractivity contribution in [3.8, 4) is 0 Å². The third-order valence-corrected chi connectivity index (χ3v) is 5.82. The third kappa shape index (κ3) is 3.53. The largest absolute Gasteiger partial charge is 0.381 e. The molecular formula is C20H22N2O2S. The summed E-state index contributed by atoms with van der Waals surface area (Å²) in [5, 5.41) is 3.06. The Hall–Kier alpha value is -1.98. The second-order valence-corrected chi connectivity index (χ2v) is 7.48. The topological polar surface area (TPSA) is 41.6 Å². The minimum Gasteiger partial charge on any atom is -0.381 e. The van der Waals surface area contributed by atoms with Crippen molar-refractivity contribution < 1.29 is 9.53 Å². The average molecular weight is 354 g/mol. The van der Waals surface area contributed by atoms with Crippen LogP contribution in [0.15, 0.2) is 58.3 Å². The molecule has 1 saturated heterocycles. The Bertz CT molecular complexity index is 713. The third-order valence-electron chi connectivity index (χ3n) is 4.69. The molecule has 4 rings (SSSR count). The molecule has 1 fully saturated rings. The zero-order valence-corrected chi connectivity index (χ0v) is 14.9. The Labute approximate surface area is 152 Å². The minimum absolute atomic E-state index is 0.0350. The van der Waals surface area contributed by atoms with Gasteiger partial charge in [0.05, 0.1) is 23.9 Å². The van der Waals surface area contributed by atoms with Gasteiger partial charge in [-0.3, -0.25) is 4.79 Å². The first-order chi connectivity index (χ1) is 12.3. The van der Waals surface area contributed by atoms with Crippen LogP contribution in [0.1, 0.15) is 12.8 Å². The van der Waals surface area contributed by atoms with Gasteiger partial charge < -0.3 is 15.0 Å². The Kier molecular flexibility index (Phi) is 4.95. The van der Waals surface area contributed by atoms with Crippen LogP contribution in [-0.2, 0) is 9.53 Å². The number of ether oxygens (including phenoxy) is 1. The first-order valence-corrected chi connectivity index (χ1v) is 9.63. The molecule has 1 N–H and O–H groups in total. The molecule has 2 aromatic carbocycles. The highest BCUT2D eigenvalue weighted by atomic mass is 32.2. The van der Waals surface area contributed by atoms with Crippen molar-refractivity contribution >= 4 is 29.0 Å². The number of carbonyl (C=O) groups is 1. The van der Waals surface area contributed by atoms with E-state index >= 15 is 0 Å². The van der Waals surface area contributed by atoms with Crippen molar-refractivity contribution in [3.05, 3.63) is 48.5 Å². The fourth-order valence-corrected chi connectivity index (χ4v) is 4.45. The van der Waals surface area contributed by atoms with Crippen molar-refractivity contribution in [1.29, 1.82) is 0 Å². The maximum atomic E-state index is 12.1. The van der Waals surface area contributed by atoms with Crippen molar-refractivity contribution in [2.24, 2.45) is 5.92 Å². The quantitative estimate of drug-likeness (QED) is 0.829. The van der Waals surface area contributed by atoms with Crippen LogP contribution >= 0.6 is 11.8 Å². The van der Waals surface area contributed by atoms with Gasteiger partial charge in [-0.25, -0.2) is 0 Å². The van der Waals surface area contributed by atoms with Crippen molar-refractivity contribution in [2.75, 3.05) is 31.2 Å². The molecular weight excluding hydrogens is 332 g/mol. The molecule has 0 saturated carbocycles. The molecule has 1 amide bonds. The fourth-order valence-electron chi connectivity index (χ4n) is 3.36. The molecule has 0 aliphatic carbocycles. The Morgan fingerprint density at radius 3 is 2.44 bits per heavy atom. The molecule has 0 bridgehead atoms. The molecule has 0 radical (unpaired) electrons. The summed E-state index contributed by atoms with van der Waals surface area (Å²) >= 11 is 1.82. The highest BCUT2D eigenvalue weighted by Crippen LogP contribution is 2.47. The zero-order valence-electron chi connectivity index (χ0n) is 14.1. The van der Waals surface area contributed by atoms with Gasteiger partial charge in [0.25, 0.3) is 0 Å². The van der Waals surface area contributed by atoms with E-state index in [9.17, 15) is 4.79 Å². The van der Waals surface area contributed by atoms with Gasteiger partial charge in [-0.2, -0.15) is 0 Å². The molecule has 4 nitrogen and oxygen atoms in total. The van der Waals surface area contributed by atoms with Crippen LogP contribution < -0.4 is 10.2 Å². The van der Waals surface area contributed by atoms with Crippen LogP contribution in [0, 0.1) is 5.92 Å². The summed E-state index contributed by atoms with van der Waals surface area (Å²) in [6.45, 7) is 2.85. The van der Waals surface area contributed by atoms with Crippen LogP contribution in [0.5, 0.6) is 0 Å². The van der Waals surface area contributed by atoms with E-state index in [-0.39, 0.29) is 11.8 Å². The normalized spacial score (nSPS) is 18.6. The molecule has 5 heteroatoms. The van der Waals surface area contributed by atoms with Gasteiger partial charge in [-0.15, -0.1) is 0 Å². The molecule has 2 aromatic rings. The van der Waals surface area contributed by atoms with Gasteiger partial charge in [0.2, 0.25) is 5.91 Å². The smallest absolute Gasteiger partial charge is 0.225 e. The second-order valence-electron chi connectivity index (χ2n) is 6.39. The van der Waals surface area contributed by atoms with Gasteiger partial charge in [0, 0.05) is 29.5 Å². The number of para-hydroxylation sites is 2. The lowest BCUT2D eigenvalue weighted by Gasteiger charge is -2.32. The Morgan fingerprint density at radius 1 is 1.12 bits per heavy atom. The van der Waals surface area contributed by atoms with E-state index in [2.05, 4.69) is 58.7 Å². The predicted molar refractivity (Wildman–Crippen MR) is 101 cm³/mol. The minimum atomic E-state index is 0.0350. The van der Waals surface area contributed by atoms with E-state index in [1.807, 2.05) is 11.8 Å². The molecule has 0 spiro atoms. The number of nitrogens with zero attached hydrogens (tertiary/aromatic N) is 1. The van der Waals surface area contributed by atoms with E-state index in [1.165, 1.54) is 21.2 Å². The van der Waals surface area contributed by atoms with Crippen LogP contribution in [-0.4, -0.2) is 32.2 Å². The summed E-state index contributed by atoms with van der Waals surface area (Å²) in [5.41, 5.74) is 2.50. The molecule has 2 heterocycles. The second kappa shape index (κ2) is 7.50. The van der Waals surface area contributed by atoms with E-state index in [0.717, 1.165) is 19.4 Å². The van der Waals surface area contributed by atoms with E-state index in [0.29, 0.717) is 19.8 Å². The molecule has 2 aliphatic heterocycles. The summed E-state index contributed by atoms with van der Waals surface area (Å²) in [6, 6.07) is 17.0. The van der Waals surface area contributed by atoms with Crippen LogP contribution in [0.3, 0.4) is 0 Å². The number of benzene rings is 2. The Morgan fingerprint density at radius 2 is 1.80 bits per heavy atom. The van der Waals surface area contributed by atoms with Crippen molar-refractivity contribution in [3.63, 3.8) is 0 Å². The maximum Gasteiger partial charge on any atom is 0.225 e. The van der Waals surface area contributed by atoms with E-state index in [1.54, 1.807) is 0 Å². The number of rotatable bonds is 5. The lowest BCUT2D eigenvalue weighted by molar-refractivity contribution is -0.124. The number of carbonyl (C=O) groups excluding carboxylic acids is 1. The van der Waals surface area contributed by atoms with Crippen molar-refractivity contribution in [1.82, 2.24) is 5.32 Å². The molecule has 130 valence electrons. The lowest BCUT2D eigenvalue weighted by Crippen LogP contribution is -2.33. The summed E-state index contributed by atoms with van der Waals surface area (Å²) in [7, 11) is 0. The van der Waals surface area contributed by atoms with Gasteiger partial charge in [0.1, 0.15) is 0 Å². The van der Waals surface area contributed by atoms with Gasteiger partial charge in [-0.05, 0) is 37.1 Å². The van der Waals surface area contributed by atoms with Crippen LogP contribution in [0.2, 0.25) is 0 Å². The number of hydrogen-bond donors (Lipinski definition) is 1. The highest BCUT2D eigenvalue weighted by molar-refractivity contribution is 7.99. The number of fused-ring (bicyclic) bond motifs is 2. The number of nitrogens with one attached hydrogen (secondary N) is 1. The lowest BCUT2D eigenvalue weighted by atomic mass is 10.1.